The van der Waals surface area contributed by atoms with E-state index < -0.39 is 23.1 Å². The van der Waals surface area contributed by atoms with Crippen molar-refractivity contribution in [3.8, 4) is 0 Å². The van der Waals surface area contributed by atoms with Gasteiger partial charge in [0.25, 0.3) is 0 Å². The lowest BCUT2D eigenvalue weighted by atomic mass is 9.72. The van der Waals surface area contributed by atoms with Gasteiger partial charge in [-0.1, -0.05) is 130 Å². The van der Waals surface area contributed by atoms with E-state index in [4.69, 9.17) is 4.74 Å². The average Bonchev–Trinajstić information content (AvgIpc) is 3.14. The number of piperidine rings is 1. The van der Waals surface area contributed by atoms with Crippen molar-refractivity contribution in [3.63, 3.8) is 0 Å². The summed E-state index contributed by atoms with van der Waals surface area (Å²) in [6.07, 6.45) is 10.5. The van der Waals surface area contributed by atoms with Crippen molar-refractivity contribution in [3.05, 3.63) is 107 Å². The van der Waals surface area contributed by atoms with Crippen molar-refractivity contribution in [2.24, 2.45) is 5.92 Å². The normalized spacial score (nSPS) is 16.2. The molecule has 266 valence electrons. The molecule has 1 aliphatic rings. The molecule has 3 N–H and O–H groups in total. The topological polar surface area (TPSA) is 107 Å². The van der Waals surface area contributed by atoms with Gasteiger partial charge < -0.3 is 25.0 Å². The number of carbonyl (C=O) groups is 2. The van der Waals surface area contributed by atoms with Crippen LogP contribution < -0.4 is 0 Å². The molecule has 0 radical (unpaired) electrons. The first-order valence-electron chi connectivity index (χ1n) is 18.4. The molecule has 4 rings (SSSR count). The molecule has 0 bridgehead atoms. The molecule has 0 saturated carbocycles. The van der Waals surface area contributed by atoms with E-state index in [1.54, 1.807) is 31.2 Å². The first-order valence-corrected chi connectivity index (χ1v) is 18.4. The molecule has 0 aromatic heterocycles. The molecule has 1 saturated heterocycles. The lowest BCUT2D eigenvalue weighted by molar-refractivity contribution is -0.152. The summed E-state index contributed by atoms with van der Waals surface area (Å²) < 4.78 is 5.44. The van der Waals surface area contributed by atoms with Crippen LogP contribution in [0.3, 0.4) is 0 Å². The summed E-state index contributed by atoms with van der Waals surface area (Å²) in [6.45, 7) is 6.16. The fraction of sp³-hybridized carbons (Fsp3) is 0.524. The minimum Gasteiger partial charge on any atom is -0.480 e. The third-order valence-corrected chi connectivity index (χ3v) is 10.5. The minimum absolute atomic E-state index is 0.0998. The Morgan fingerprint density at radius 3 is 1.90 bits per heavy atom. The molecule has 1 heterocycles. The van der Waals surface area contributed by atoms with Crippen LogP contribution in [0.1, 0.15) is 119 Å². The first kappa shape index (κ1) is 38.3. The highest BCUT2D eigenvalue weighted by atomic mass is 16.5. The van der Waals surface area contributed by atoms with E-state index in [9.17, 15) is 24.9 Å². The van der Waals surface area contributed by atoms with Gasteiger partial charge in [0, 0.05) is 6.42 Å². The maximum absolute atomic E-state index is 12.4. The maximum Gasteiger partial charge on any atom is 0.317 e. The molecule has 3 aromatic rings. The van der Waals surface area contributed by atoms with Gasteiger partial charge in [-0.15, -0.1) is 0 Å². The van der Waals surface area contributed by atoms with Crippen molar-refractivity contribution in [1.82, 2.24) is 4.90 Å². The highest BCUT2D eigenvalue weighted by Crippen LogP contribution is 2.42. The first-order chi connectivity index (χ1) is 23.7. The Hall–Kier alpha value is -3.52. The summed E-state index contributed by atoms with van der Waals surface area (Å²) >= 11 is 0. The second-order valence-electron chi connectivity index (χ2n) is 14.1. The summed E-state index contributed by atoms with van der Waals surface area (Å²) in [5.41, 5.74) is 0.714. The number of aliphatic carboxylic acids is 1. The van der Waals surface area contributed by atoms with Crippen molar-refractivity contribution < 1.29 is 29.6 Å². The van der Waals surface area contributed by atoms with E-state index in [-0.39, 0.29) is 18.5 Å². The number of unbranched alkanes of at least 4 members (excludes halogenated alkanes) is 6. The number of carboxylic acids is 1. The Bertz CT molecular complexity index is 1360. The van der Waals surface area contributed by atoms with Crippen molar-refractivity contribution >= 4 is 11.9 Å². The van der Waals surface area contributed by atoms with Gasteiger partial charge in [-0.2, -0.15) is 0 Å². The van der Waals surface area contributed by atoms with Gasteiger partial charge in [0.2, 0.25) is 0 Å². The van der Waals surface area contributed by atoms with Gasteiger partial charge in [0.05, 0.1) is 6.10 Å². The molecule has 2 unspecified atom stereocenters. The minimum atomic E-state index is -1.38. The Morgan fingerprint density at radius 1 is 0.796 bits per heavy atom. The zero-order valence-electron chi connectivity index (χ0n) is 29.6. The molecular formula is C42H57NO6. The number of hydrogen-bond donors (Lipinski definition) is 3. The van der Waals surface area contributed by atoms with Crippen LogP contribution in [0.2, 0.25) is 0 Å². The number of ether oxygens (including phenoxy) is 1. The fourth-order valence-corrected chi connectivity index (χ4v) is 7.14. The number of nitrogens with zero attached hydrogens (tertiary/aromatic N) is 1. The number of aliphatic hydroxyl groups excluding tert-OH is 1. The van der Waals surface area contributed by atoms with Gasteiger partial charge in [0.15, 0.2) is 0 Å². The average molecular weight is 672 g/mol. The molecule has 49 heavy (non-hydrogen) atoms. The van der Waals surface area contributed by atoms with E-state index in [0.717, 1.165) is 74.8 Å². The van der Waals surface area contributed by atoms with Crippen LogP contribution in [0.15, 0.2) is 84.9 Å². The Labute approximate surface area is 293 Å². The molecule has 2 atom stereocenters. The van der Waals surface area contributed by atoms with E-state index in [2.05, 4.69) is 11.8 Å². The Balaban J connectivity index is 1.23. The SMILES string of the molecule is CCCCCCCCCC(=O)OCC(C)(C(=O)O)c1ccc(C(O)CCCN2CCC(C(O)(c3ccccc3)c3ccccc3)CC2)cc1. The predicted molar refractivity (Wildman–Crippen MR) is 194 cm³/mol. The number of aliphatic hydroxyl groups is 2. The van der Waals surface area contributed by atoms with Gasteiger partial charge in [0.1, 0.15) is 17.6 Å². The van der Waals surface area contributed by atoms with Crippen LogP contribution >= 0.6 is 0 Å². The van der Waals surface area contributed by atoms with Crippen molar-refractivity contribution in [1.29, 1.82) is 0 Å². The molecule has 0 spiro atoms. The number of benzene rings is 3. The second kappa shape index (κ2) is 19.0. The third-order valence-electron chi connectivity index (χ3n) is 10.5. The number of esters is 1. The molecule has 3 aromatic carbocycles. The zero-order valence-corrected chi connectivity index (χ0v) is 29.6. The largest absolute Gasteiger partial charge is 0.480 e. The predicted octanol–water partition coefficient (Wildman–Crippen LogP) is 8.17. The van der Waals surface area contributed by atoms with Gasteiger partial charge in [-0.25, -0.2) is 0 Å². The smallest absolute Gasteiger partial charge is 0.317 e. The summed E-state index contributed by atoms with van der Waals surface area (Å²) in [7, 11) is 0. The van der Waals surface area contributed by atoms with Gasteiger partial charge >= 0.3 is 11.9 Å². The van der Waals surface area contributed by atoms with Crippen LogP contribution in [0.25, 0.3) is 0 Å². The molecule has 1 fully saturated rings. The van der Waals surface area contributed by atoms with Crippen LogP contribution in [0, 0.1) is 5.92 Å². The Morgan fingerprint density at radius 2 is 1.35 bits per heavy atom. The maximum atomic E-state index is 12.4. The quantitative estimate of drug-likeness (QED) is 0.0822. The van der Waals surface area contributed by atoms with Gasteiger partial charge in [-0.3, -0.25) is 9.59 Å². The number of carbonyl (C=O) groups excluding carboxylic acids is 1. The molecule has 0 amide bonds. The van der Waals surface area contributed by atoms with Gasteiger partial charge in [-0.05, 0) is 86.8 Å². The van der Waals surface area contributed by atoms with E-state index >= 15 is 0 Å². The summed E-state index contributed by atoms with van der Waals surface area (Å²) in [5.74, 6) is -1.32. The molecule has 7 nitrogen and oxygen atoms in total. The van der Waals surface area contributed by atoms with E-state index in [1.165, 1.54) is 25.7 Å². The number of hydrogen-bond acceptors (Lipinski definition) is 6. The highest BCUT2D eigenvalue weighted by Gasteiger charge is 2.41. The van der Waals surface area contributed by atoms with Crippen LogP contribution in [0.4, 0.5) is 0 Å². The summed E-state index contributed by atoms with van der Waals surface area (Å²) in [4.78, 5) is 27.1. The zero-order chi connectivity index (χ0) is 35.1. The fourth-order valence-electron chi connectivity index (χ4n) is 7.14. The summed E-state index contributed by atoms with van der Waals surface area (Å²) in [6, 6.07) is 27.0. The van der Waals surface area contributed by atoms with Crippen LogP contribution in [0.5, 0.6) is 0 Å². The van der Waals surface area contributed by atoms with E-state index in [0.29, 0.717) is 18.4 Å². The third kappa shape index (κ3) is 10.5. The molecule has 7 heteroatoms. The standard InChI is InChI=1S/C42H57NO6/c1-3-4-5-6-7-8-15-22-39(45)49-32-41(2,40(46)47)34-25-23-33(24-26-34)38(44)21-16-29-43-30-27-37(28-31-43)42(48,35-17-11-9-12-18-35)36-19-13-10-14-20-36/h9-14,17-20,23-26,37-38,44,48H,3-8,15-16,21-22,27-32H2,1-2H3,(H,46,47). The molecule has 0 aliphatic carbocycles. The lowest BCUT2D eigenvalue weighted by Gasteiger charge is -2.42. The van der Waals surface area contributed by atoms with Crippen LogP contribution in [-0.2, 0) is 25.3 Å². The Kier molecular flexibility index (Phi) is 14.9. The highest BCUT2D eigenvalue weighted by molar-refractivity contribution is 5.81. The van der Waals surface area contributed by atoms with Crippen LogP contribution in [-0.4, -0.2) is 58.4 Å². The monoisotopic (exact) mass is 671 g/mol. The van der Waals surface area contributed by atoms with Crippen molar-refractivity contribution in [2.75, 3.05) is 26.2 Å². The molecular weight excluding hydrogens is 614 g/mol. The summed E-state index contributed by atoms with van der Waals surface area (Å²) in [5, 5.41) is 33.2. The second-order valence-corrected chi connectivity index (χ2v) is 14.1. The van der Waals surface area contributed by atoms with E-state index in [1.807, 2.05) is 60.7 Å². The number of carboxylic acid groups (broad SMARTS) is 1. The number of rotatable bonds is 20. The molecule has 1 aliphatic heterocycles. The number of likely N-dealkylation sites (tertiary alicyclic amines) is 1. The van der Waals surface area contributed by atoms with Crippen molar-refractivity contribution in [2.45, 2.75) is 108 Å². The lowest BCUT2D eigenvalue weighted by Crippen LogP contribution is -2.44.